The molecular formula is C13H25BrO2. The lowest BCUT2D eigenvalue weighted by Crippen LogP contribution is -2.05. The quantitative estimate of drug-likeness (QED) is 0.319. The van der Waals surface area contributed by atoms with Crippen LogP contribution in [-0.2, 0) is 9.53 Å². The van der Waals surface area contributed by atoms with Crippen LogP contribution < -0.4 is 0 Å². The number of ether oxygens (including phenoxy) is 1. The first-order valence-corrected chi connectivity index (χ1v) is 7.65. The Morgan fingerprint density at radius 2 is 1.69 bits per heavy atom. The Labute approximate surface area is 108 Å². The van der Waals surface area contributed by atoms with E-state index in [0.29, 0.717) is 13.0 Å². The van der Waals surface area contributed by atoms with Crippen molar-refractivity contribution in [3.05, 3.63) is 0 Å². The van der Waals surface area contributed by atoms with E-state index in [2.05, 4.69) is 22.9 Å². The van der Waals surface area contributed by atoms with E-state index in [0.717, 1.165) is 24.6 Å². The predicted molar refractivity (Wildman–Crippen MR) is 72.0 cm³/mol. The van der Waals surface area contributed by atoms with Gasteiger partial charge < -0.3 is 4.74 Å². The summed E-state index contributed by atoms with van der Waals surface area (Å²) < 4.78 is 5.14. The van der Waals surface area contributed by atoms with Crippen LogP contribution in [0.2, 0.25) is 0 Å². The number of alkyl halides is 1. The van der Waals surface area contributed by atoms with Gasteiger partial charge in [0.05, 0.1) is 6.61 Å². The normalized spacial score (nSPS) is 10.4. The van der Waals surface area contributed by atoms with Crippen LogP contribution in [0.1, 0.15) is 64.7 Å². The van der Waals surface area contributed by atoms with E-state index >= 15 is 0 Å². The van der Waals surface area contributed by atoms with Gasteiger partial charge in [0.15, 0.2) is 0 Å². The fourth-order valence-electron chi connectivity index (χ4n) is 1.50. The Balaban J connectivity index is 3.09. The van der Waals surface area contributed by atoms with Crippen molar-refractivity contribution in [1.29, 1.82) is 0 Å². The predicted octanol–water partition coefficient (Wildman–Crippen LogP) is 4.46. The van der Waals surface area contributed by atoms with Crippen LogP contribution in [-0.4, -0.2) is 17.9 Å². The van der Waals surface area contributed by atoms with Crippen molar-refractivity contribution in [1.82, 2.24) is 0 Å². The second kappa shape index (κ2) is 13.0. The van der Waals surface area contributed by atoms with Crippen molar-refractivity contribution in [2.24, 2.45) is 0 Å². The number of hydrogen-bond donors (Lipinski definition) is 0. The van der Waals surface area contributed by atoms with Crippen LogP contribution in [0.4, 0.5) is 0 Å². The molecule has 0 bridgehead atoms. The van der Waals surface area contributed by atoms with Crippen molar-refractivity contribution in [2.75, 3.05) is 11.9 Å². The molecular weight excluding hydrogens is 268 g/mol. The van der Waals surface area contributed by atoms with E-state index in [1.807, 2.05) is 0 Å². The number of unbranched alkanes of at least 4 members (excludes halogenated alkanes) is 6. The molecule has 96 valence electrons. The van der Waals surface area contributed by atoms with Crippen LogP contribution in [0.25, 0.3) is 0 Å². The lowest BCUT2D eigenvalue weighted by Gasteiger charge is -2.04. The van der Waals surface area contributed by atoms with E-state index in [1.54, 1.807) is 0 Å². The summed E-state index contributed by atoms with van der Waals surface area (Å²) in [6.07, 6.45) is 9.95. The van der Waals surface area contributed by atoms with Crippen LogP contribution >= 0.6 is 15.9 Å². The number of carbonyl (C=O) groups is 1. The molecule has 0 saturated carbocycles. The molecule has 0 heterocycles. The summed E-state index contributed by atoms with van der Waals surface area (Å²) >= 11 is 3.34. The summed E-state index contributed by atoms with van der Waals surface area (Å²) in [5.74, 6) is -0.0329. The molecule has 0 fully saturated rings. The Kier molecular flexibility index (Phi) is 13.0. The van der Waals surface area contributed by atoms with Gasteiger partial charge in [-0.15, -0.1) is 0 Å². The minimum Gasteiger partial charge on any atom is -0.466 e. The number of halogens is 1. The molecule has 0 aromatic rings. The summed E-state index contributed by atoms with van der Waals surface area (Å²) in [4.78, 5) is 11.2. The first-order valence-electron chi connectivity index (χ1n) is 6.52. The SMILES string of the molecule is CCCCCCCCOC(=O)CCCCBr. The first-order chi connectivity index (χ1) is 7.81. The van der Waals surface area contributed by atoms with Gasteiger partial charge in [0.2, 0.25) is 0 Å². The molecule has 2 nitrogen and oxygen atoms in total. The summed E-state index contributed by atoms with van der Waals surface area (Å²) in [5, 5.41) is 0.970. The molecule has 0 rings (SSSR count). The standard InChI is InChI=1S/C13H25BrO2/c1-2-3-4-5-6-9-12-16-13(15)10-7-8-11-14/h2-12H2,1H3. The van der Waals surface area contributed by atoms with E-state index in [-0.39, 0.29) is 5.97 Å². The molecule has 0 aromatic carbocycles. The van der Waals surface area contributed by atoms with E-state index in [9.17, 15) is 4.79 Å². The largest absolute Gasteiger partial charge is 0.466 e. The zero-order chi connectivity index (χ0) is 12.1. The van der Waals surface area contributed by atoms with Crippen molar-refractivity contribution in [3.63, 3.8) is 0 Å². The van der Waals surface area contributed by atoms with Gasteiger partial charge in [-0.2, -0.15) is 0 Å². The van der Waals surface area contributed by atoms with E-state index in [1.165, 1.54) is 32.1 Å². The summed E-state index contributed by atoms with van der Waals surface area (Å²) in [6, 6.07) is 0. The Hall–Kier alpha value is -0.0500. The summed E-state index contributed by atoms with van der Waals surface area (Å²) in [6.45, 7) is 2.83. The zero-order valence-electron chi connectivity index (χ0n) is 10.5. The van der Waals surface area contributed by atoms with Crippen molar-refractivity contribution in [3.8, 4) is 0 Å². The molecule has 0 amide bonds. The zero-order valence-corrected chi connectivity index (χ0v) is 12.1. The highest BCUT2D eigenvalue weighted by Crippen LogP contribution is 2.06. The minimum atomic E-state index is -0.0329. The van der Waals surface area contributed by atoms with Crippen molar-refractivity contribution in [2.45, 2.75) is 64.7 Å². The number of hydrogen-bond acceptors (Lipinski definition) is 2. The Bertz CT molecular complexity index is 160. The maximum absolute atomic E-state index is 11.2. The first kappa shape index (κ1) is 16.0. The van der Waals surface area contributed by atoms with Gasteiger partial charge in [0.1, 0.15) is 0 Å². The topological polar surface area (TPSA) is 26.3 Å². The molecule has 0 atom stereocenters. The molecule has 0 aromatic heterocycles. The van der Waals surface area contributed by atoms with Gasteiger partial charge in [0, 0.05) is 11.8 Å². The summed E-state index contributed by atoms with van der Waals surface area (Å²) in [5.41, 5.74) is 0. The molecule has 0 spiro atoms. The monoisotopic (exact) mass is 292 g/mol. The highest BCUT2D eigenvalue weighted by Gasteiger charge is 2.01. The van der Waals surface area contributed by atoms with Gasteiger partial charge in [-0.25, -0.2) is 0 Å². The van der Waals surface area contributed by atoms with Gasteiger partial charge in [-0.3, -0.25) is 4.79 Å². The smallest absolute Gasteiger partial charge is 0.305 e. The minimum absolute atomic E-state index is 0.0329. The van der Waals surface area contributed by atoms with Crippen LogP contribution in [0, 0.1) is 0 Å². The average molecular weight is 293 g/mol. The second-order valence-electron chi connectivity index (χ2n) is 4.13. The second-order valence-corrected chi connectivity index (χ2v) is 4.93. The number of carbonyl (C=O) groups excluding carboxylic acids is 1. The van der Waals surface area contributed by atoms with Gasteiger partial charge in [0.25, 0.3) is 0 Å². The van der Waals surface area contributed by atoms with Gasteiger partial charge >= 0.3 is 5.97 Å². The molecule has 3 heteroatoms. The molecule has 0 saturated heterocycles. The third-order valence-electron chi connectivity index (χ3n) is 2.53. The third-order valence-corrected chi connectivity index (χ3v) is 3.09. The fraction of sp³-hybridized carbons (Fsp3) is 0.923. The van der Waals surface area contributed by atoms with E-state index < -0.39 is 0 Å². The Morgan fingerprint density at radius 3 is 2.38 bits per heavy atom. The number of esters is 1. The molecule has 0 N–H and O–H groups in total. The van der Waals surface area contributed by atoms with Crippen molar-refractivity contribution < 1.29 is 9.53 Å². The maximum atomic E-state index is 11.2. The average Bonchev–Trinajstić information content (AvgIpc) is 2.28. The third kappa shape index (κ3) is 12.0. The molecule has 0 radical (unpaired) electrons. The van der Waals surface area contributed by atoms with Crippen LogP contribution in [0.3, 0.4) is 0 Å². The van der Waals surface area contributed by atoms with Crippen LogP contribution in [0.5, 0.6) is 0 Å². The summed E-state index contributed by atoms with van der Waals surface area (Å²) in [7, 11) is 0. The number of rotatable bonds is 11. The highest BCUT2D eigenvalue weighted by atomic mass is 79.9. The Morgan fingerprint density at radius 1 is 1.00 bits per heavy atom. The fourth-order valence-corrected chi connectivity index (χ4v) is 1.90. The molecule has 0 unspecified atom stereocenters. The molecule has 16 heavy (non-hydrogen) atoms. The van der Waals surface area contributed by atoms with Gasteiger partial charge in [-0.1, -0.05) is 55.0 Å². The highest BCUT2D eigenvalue weighted by molar-refractivity contribution is 9.09. The molecule has 0 aliphatic rings. The molecule has 0 aliphatic carbocycles. The molecule has 0 aliphatic heterocycles. The van der Waals surface area contributed by atoms with E-state index in [4.69, 9.17) is 4.74 Å². The van der Waals surface area contributed by atoms with Crippen molar-refractivity contribution >= 4 is 21.9 Å². The van der Waals surface area contributed by atoms with Crippen LogP contribution in [0.15, 0.2) is 0 Å². The maximum Gasteiger partial charge on any atom is 0.305 e. The lowest BCUT2D eigenvalue weighted by molar-refractivity contribution is -0.143. The van der Waals surface area contributed by atoms with Gasteiger partial charge in [-0.05, 0) is 19.3 Å². The lowest BCUT2D eigenvalue weighted by atomic mass is 10.1.